The molecule has 3 aromatic rings. The minimum atomic E-state index is -4.74. The molecule has 1 fully saturated rings. The zero-order valence-corrected chi connectivity index (χ0v) is 19.0. The lowest BCUT2D eigenvalue weighted by atomic mass is 10.1. The van der Waals surface area contributed by atoms with Gasteiger partial charge in [0.15, 0.2) is 5.13 Å². The van der Waals surface area contributed by atoms with Gasteiger partial charge in [0.1, 0.15) is 11.6 Å². The quantitative estimate of drug-likeness (QED) is 0.284. The van der Waals surface area contributed by atoms with Crippen LogP contribution in [0.1, 0.15) is 30.0 Å². The van der Waals surface area contributed by atoms with Gasteiger partial charge in [0.2, 0.25) is 0 Å². The summed E-state index contributed by atoms with van der Waals surface area (Å²) in [4.78, 5) is 20.0. The molecule has 2 heterocycles. The maximum absolute atomic E-state index is 13.9. The lowest BCUT2D eigenvalue weighted by molar-refractivity contribution is -0.139. The highest BCUT2D eigenvalue weighted by Crippen LogP contribution is 2.37. The van der Waals surface area contributed by atoms with Gasteiger partial charge >= 0.3 is 12.1 Å². The molecule has 0 radical (unpaired) electrons. The number of hydrogen-bond acceptors (Lipinski definition) is 6. The molecule has 1 aliphatic heterocycles. The number of carbonyl (C=O) groups excluding carboxylic acids is 1. The van der Waals surface area contributed by atoms with Crippen molar-refractivity contribution in [1.82, 2.24) is 9.88 Å². The minimum Gasteiger partial charge on any atom is -0.427 e. The van der Waals surface area contributed by atoms with Gasteiger partial charge in [-0.1, -0.05) is 17.4 Å². The van der Waals surface area contributed by atoms with E-state index in [1.165, 1.54) is 6.92 Å². The monoisotopic (exact) mass is 481 g/mol. The third-order valence-corrected chi connectivity index (χ3v) is 6.49. The van der Waals surface area contributed by atoms with E-state index in [4.69, 9.17) is 4.74 Å². The first kappa shape index (κ1) is 23.4. The molecule has 0 aliphatic carbocycles. The molecule has 0 amide bonds. The summed E-state index contributed by atoms with van der Waals surface area (Å²) in [6, 6.07) is 7.43. The molecule has 0 atom stereocenters. The molecule has 1 saturated heterocycles. The lowest BCUT2D eigenvalue weighted by Crippen LogP contribution is -2.30. The molecule has 0 unspecified atom stereocenters. The number of anilines is 1. The number of ether oxygens (including phenoxy) is 1. The third kappa shape index (κ3) is 5.62. The molecule has 33 heavy (non-hydrogen) atoms. The van der Waals surface area contributed by atoms with Gasteiger partial charge in [0.05, 0.1) is 15.8 Å². The average molecular weight is 482 g/mol. The number of halogens is 4. The van der Waals surface area contributed by atoms with Crippen molar-refractivity contribution in [3.05, 3.63) is 52.8 Å². The Morgan fingerprint density at radius 2 is 1.91 bits per heavy atom. The number of thiazole rings is 1. The zero-order valence-electron chi connectivity index (χ0n) is 18.2. The van der Waals surface area contributed by atoms with Crippen molar-refractivity contribution in [1.29, 1.82) is 0 Å². The first-order valence-corrected chi connectivity index (χ1v) is 11.3. The van der Waals surface area contributed by atoms with Crippen LogP contribution in [0.25, 0.3) is 10.2 Å². The van der Waals surface area contributed by atoms with Crippen LogP contribution in [0.15, 0.2) is 30.3 Å². The van der Waals surface area contributed by atoms with Gasteiger partial charge in [0, 0.05) is 45.7 Å². The summed E-state index contributed by atoms with van der Waals surface area (Å²) in [7, 11) is 0. The molecule has 2 aromatic carbocycles. The number of rotatable bonds is 4. The van der Waals surface area contributed by atoms with Crippen LogP contribution < -0.4 is 9.64 Å². The van der Waals surface area contributed by atoms with Crippen molar-refractivity contribution >= 4 is 32.7 Å². The minimum absolute atomic E-state index is 0.236. The van der Waals surface area contributed by atoms with Crippen LogP contribution >= 0.6 is 11.3 Å². The lowest BCUT2D eigenvalue weighted by Gasteiger charge is -2.22. The van der Waals surface area contributed by atoms with Gasteiger partial charge in [-0.2, -0.15) is 13.2 Å². The Morgan fingerprint density at radius 1 is 1.12 bits per heavy atom. The maximum atomic E-state index is 13.9. The molecule has 0 bridgehead atoms. The van der Waals surface area contributed by atoms with E-state index in [1.54, 1.807) is 0 Å². The highest BCUT2D eigenvalue weighted by Gasteiger charge is 2.35. The molecule has 176 valence electrons. The van der Waals surface area contributed by atoms with Gasteiger partial charge in [-0.25, -0.2) is 9.37 Å². The summed E-state index contributed by atoms with van der Waals surface area (Å²) in [6.45, 7) is 6.92. The van der Waals surface area contributed by atoms with Crippen LogP contribution in [0.3, 0.4) is 0 Å². The Morgan fingerprint density at radius 3 is 2.64 bits per heavy atom. The van der Waals surface area contributed by atoms with E-state index in [9.17, 15) is 22.4 Å². The van der Waals surface area contributed by atoms with Gasteiger partial charge in [-0.05, 0) is 42.7 Å². The normalized spacial score (nSPS) is 15.6. The third-order valence-electron chi connectivity index (χ3n) is 5.41. The van der Waals surface area contributed by atoms with Crippen LogP contribution in [0, 0.1) is 12.7 Å². The Kier molecular flexibility index (Phi) is 6.58. The van der Waals surface area contributed by atoms with E-state index in [2.05, 4.69) is 16.0 Å². The molecule has 1 aliphatic rings. The molecule has 0 N–H and O–H groups in total. The van der Waals surface area contributed by atoms with E-state index >= 15 is 0 Å². The van der Waals surface area contributed by atoms with Gasteiger partial charge < -0.3 is 9.64 Å². The van der Waals surface area contributed by atoms with Crippen LogP contribution in [0.4, 0.5) is 22.7 Å². The molecule has 0 spiro atoms. The molecule has 0 saturated carbocycles. The van der Waals surface area contributed by atoms with Crippen molar-refractivity contribution in [3.63, 3.8) is 0 Å². The Balaban J connectivity index is 1.47. The number of alkyl halides is 3. The smallest absolute Gasteiger partial charge is 0.419 e. The van der Waals surface area contributed by atoms with Gasteiger partial charge in [-0.3, -0.25) is 9.69 Å². The first-order valence-electron chi connectivity index (χ1n) is 10.5. The van der Waals surface area contributed by atoms with Crippen LogP contribution in [0.2, 0.25) is 0 Å². The number of hydrogen-bond donors (Lipinski definition) is 0. The van der Waals surface area contributed by atoms with Crippen LogP contribution in [0.5, 0.6) is 5.75 Å². The fourth-order valence-corrected chi connectivity index (χ4v) is 5.05. The topological polar surface area (TPSA) is 45.7 Å². The summed E-state index contributed by atoms with van der Waals surface area (Å²) in [5, 5.41) is 0.596. The van der Waals surface area contributed by atoms with Crippen LogP contribution in [-0.4, -0.2) is 42.0 Å². The predicted molar refractivity (Wildman–Crippen MR) is 119 cm³/mol. The number of aryl methyl sites for hydroxylation is 1. The number of benzene rings is 2. The fourth-order valence-electron chi connectivity index (χ4n) is 4.01. The highest BCUT2D eigenvalue weighted by molar-refractivity contribution is 7.22. The fraction of sp³-hybridized carbons (Fsp3) is 0.391. The number of aromatic nitrogens is 1. The van der Waals surface area contributed by atoms with Gasteiger partial charge in [-0.15, -0.1) is 0 Å². The molecule has 4 rings (SSSR count). The summed E-state index contributed by atoms with van der Waals surface area (Å²) in [5.74, 6) is -1.15. The van der Waals surface area contributed by atoms with Crippen molar-refractivity contribution in [2.24, 2.45) is 0 Å². The number of carbonyl (C=O) groups is 1. The van der Waals surface area contributed by atoms with E-state index in [-0.39, 0.29) is 11.5 Å². The molecule has 5 nitrogen and oxygen atoms in total. The Labute approximate surface area is 192 Å². The first-order chi connectivity index (χ1) is 15.6. The Hall–Kier alpha value is -2.72. The van der Waals surface area contributed by atoms with E-state index < -0.39 is 17.6 Å². The second kappa shape index (κ2) is 9.26. The van der Waals surface area contributed by atoms with Crippen molar-refractivity contribution in [2.45, 2.75) is 33.0 Å². The zero-order chi connectivity index (χ0) is 23.8. The SMILES string of the molecule is CC(=O)Oc1cc(C)cc(CN2CCCN(c3nc4cc(F)c(C(F)(F)F)cc4s3)CC2)c1. The summed E-state index contributed by atoms with van der Waals surface area (Å²) in [5.41, 5.74) is 1.01. The molecule has 1 aromatic heterocycles. The largest absolute Gasteiger partial charge is 0.427 e. The molecule has 10 heteroatoms. The van der Waals surface area contributed by atoms with E-state index in [0.29, 0.717) is 35.2 Å². The van der Waals surface area contributed by atoms with Crippen molar-refractivity contribution in [3.8, 4) is 5.75 Å². The summed E-state index contributed by atoms with van der Waals surface area (Å²) in [6.07, 6.45) is -3.89. The second-order valence-electron chi connectivity index (χ2n) is 8.16. The van der Waals surface area contributed by atoms with Crippen molar-refractivity contribution < 1.29 is 27.1 Å². The summed E-state index contributed by atoms with van der Waals surface area (Å²) >= 11 is 1.15. The van der Waals surface area contributed by atoms with E-state index in [0.717, 1.165) is 54.1 Å². The summed E-state index contributed by atoms with van der Waals surface area (Å²) < 4.78 is 58.5. The highest BCUT2D eigenvalue weighted by atomic mass is 32.1. The van der Waals surface area contributed by atoms with Gasteiger partial charge in [0.25, 0.3) is 0 Å². The number of nitrogens with zero attached hydrogens (tertiary/aromatic N) is 3. The van der Waals surface area contributed by atoms with Crippen LogP contribution in [-0.2, 0) is 17.5 Å². The molecular formula is C23H23F4N3O2S. The maximum Gasteiger partial charge on any atom is 0.419 e. The standard InChI is InChI=1S/C23H23F4N3O2S/c1-14-8-16(10-17(9-14)32-15(2)31)13-29-4-3-5-30(7-6-29)22-28-20-12-19(24)18(23(25,26)27)11-21(20)33-22/h8-12H,3-7,13H2,1-2H3. The number of fused-ring (bicyclic) bond motifs is 1. The molecular weight excluding hydrogens is 458 g/mol. The predicted octanol–water partition coefficient (Wildman–Crippen LogP) is 5.40. The van der Waals surface area contributed by atoms with Crippen molar-refractivity contribution in [2.75, 3.05) is 31.1 Å². The second-order valence-corrected chi connectivity index (χ2v) is 9.17. The van der Waals surface area contributed by atoms with E-state index in [1.807, 2.05) is 24.0 Å². The number of esters is 1. The Bertz CT molecular complexity index is 1180. The average Bonchev–Trinajstić information content (AvgIpc) is 2.96.